The number of carboxylic acid groups (broad SMARTS) is 1. The minimum Gasteiger partial charge on any atom is -0.478 e. The third kappa shape index (κ3) is 3.61. The van der Waals surface area contributed by atoms with E-state index in [1.54, 1.807) is 6.07 Å². The van der Waals surface area contributed by atoms with Crippen molar-refractivity contribution >= 4 is 17.5 Å². The maximum atomic E-state index is 10.9. The second-order valence-corrected chi connectivity index (χ2v) is 3.16. The number of hydrogen-bond donors (Lipinski definition) is 1. The number of esters is 1. The number of nitriles is 1. The first-order valence-electron chi connectivity index (χ1n) is 4.86. The van der Waals surface area contributed by atoms with Crippen LogP contribution in [0, 0.1) is 11.3 Å². The van der Waals surface area contributed by atoms with Gasteiger partial charge in [0.15, 0.2) is 0 Å². The molecular weight excluding hydrogens is 234 g/mol. The van der Waals surface area contributed by atoms with Gasteiger partial charge in [-0.15, -0.1) is 0 Å². The number of nitrogens with zero attached hydrogens (tertiary/aromatic N) is 1. The van der Waals surface area contributed by atoms with Crippen molar-refractivity contribution in [2.45, 2.75) is 0 Å². The highest BCUT2D eigenvalue weighted by molar-refractivity contribution is 5.94. The van der Waals surface area contributed by atoms with Gasteiger partial charge in [0.1, 0.15) is 11.8 Å². The molecule has 5 heteroatoms. The SMILES string of the molecule is C=CC(=O)Oc1ccc(C(C#N)=CC(=O)O)cc1. The fourth-order valence-corrected chi connectivity index (χ4v) is 1.16. The molecule has 0 fully saturated rings. The van der Waals surface area contributed by atoms with Gasteiger partial charge < -0.3 is 9.84 Å². The van der Waals surface area contributed by atoms with Crippen LogP contribution in [0.1, 0.15) is 5.56 Å². The molecule has 5 nitrogen and oxygen atoms in total. The highest BCUT2D eigenvalue weighted by Gasteiger charge is 2.05. The van der Waals surface area contributed by atoms with Crippen molar-refractivity contribution in [1.29, 1.82) is 5.26 Å². The number of carbonyl (C=O) groups is 2. The fourth-order valence-electron chi connectivity index (χ4n) is 1.16. The summed E-state index contributed by atoms with van der Waals surface area (Å²) in [5.41, 5.74) is 0.447. The van der Waals surface area contributed by atoms with Gasteiger partial charge >= 0.3 is 11.9 Å². The Kier molecular flexibility index (Phi) is 4.41. The molecule has 1 aromatic carbocycles. The van der Waals surface area contributed by atoms with Gasteiger partial charge in [-0.1, -0.05) is 6.58 Å². The van der Waals surface area contributed by atoms with E-state index in [1.807, 2.05) is 0 Å². The number of hydrogen-bond acceptors (Lipinski definition) is 4. The predicted molar refractivity (Wildman–Crippen MR) is 63.5 cm³/mol. The van der Waals surface area contributed by atoms with E-state index in [1.165, 1.54) is 24.3 Å². The van der Waals surface area contributed by atoms with Crippen LogP contribution < -0.4 is 4.74 Å². The summed E-state index contributed by atoms with van der Waals surface area (Å²) in [4.78, 5) is 21.4. The third-order valence-electron chi connectivity index (χ3n) is 1.94. The second kappa shape index (κ2) is 6.01. The summed E-state index contributed by atoms with van der Waals surface area (Å²) in [7, 11) is 0. The molecule has 0 heterocycles. The minimum atomic E-state index is -1.20. The molecule has 0 bridgehead atoms. The first-order chi connectivity index (χ1) is 8.56. The number of allylic oxidation sites excluding steroid dienone is 1. The first kappa shape index (κ1) is 13.2. The van der Waals surface area contributed by atoms with Crippen LogP contribution in [0.25, 0.3) is 5.57 Å². The quantitative estimate of drug-likeness (QED) is 0.377. The molecule has 1 aromatic rings. The summed E-state index contributed by atoms with van der Waals surface area (Å²) in [5, 5.41) is 17.4. The average Bonchev–Trinajstić information content (AvgIpc) is 2.36. The van der Waals surface area contributed by atoms with E-state index in [0.29, 0.717) is 5.56 Å². The molecule has 0 atom stereocenters. The molecule has 18 heavy (non-hydrogen) atoms. The van der Waals surface area contributed by atoms with Crippen LogP contribution >= 0.6 is 0 Å². The minimum absolute atomic E-state index is 0.0177. The van der Waals surface area contributed by atoms with Crippen molar-refractivity contribution in [3.8, 4) is 11.8 Å². The molecule has 0 saturated heterocycles. The molecule has 0 aliphatic carbocycles. The number of ether oxygens (including phenoxy) is 1. The summed E-state index contributed by atoms with van der Waals surface area (Å²) in [6, 6.07) is 7.68. The number of carbonyl (C=O) groups excluding carboxylic acids is 1. The molecule has 0 radical (unpaired) electrons. The lowest BCUT2D eigenvalue weighted by Gasteiger charge is -2.02. The van der Waals surface area contributed by atoms with Gasteiger partial charge in [0.2, 0.25) is 0 Å². The number of rotatable bonds is 4. The van der Waals surface area contributed by atoms with Crippen molar-refractivity contribution in [2.24, 2.45) is 0 Å². The topological polar surface area (TPSA) is 87.4 Å². The van der Waals surface area contributed by atoms with Crippen LogP contribution in [0.4, 0.5) is 0 Å². The molecular formula is C13H9NO4. The molecule has 0 unspecified atom stereocenters. The Morgan fingerprint density at radius 2 is 1.94 bits per heavy atom. The Morgan fingerprint density at radius 3 is 2.39 bits per heavy atom. The zero-order valence-electron chi connectivity index (χ0n) is 9.29. The molecule has 1 N–H and O–H groups in total. The molecule has 0 saturated carbocycles. The molecule has 0 amide bonds. The lowest BCUT2D eigenvalue weighted by Crippen LogP contribution is -2.02. The van der Waals surface area contributed by atoms with E-state index >= 15 is 0 Å². The van der Waals surface area contributed by atoms with Crippen LogP contribution in [0.2, 0.25) is 0 Å². The molecule has 1 rings (SSSR count). The summed E-state index contributed by atoms with van der Waals surface area (Å²) in [5.74, 6) is -1.51. The maximum absolute atomic E-state index is 10.9. The van der Waals surface area contributed by atoms with Crippen molar-refractivity contribution < 1.29 is 19.4 Å². The Balaban J connectivity index is 2.95. The van der Waals surface area contributed by atoms with Gasteiger partial charge in [-0.3, -0.25) is 0 Å². The molecule has 90 valence electrons. The zero-order valence-corrected chi connectivity index (χ0v) is 9.29. The normalized spacial score (nSPS) is 10.3. The number of aliphatic carboxylic acids is 1. The van der Waals surface area contributed by atoms with Crippen molar-refractivity contribution in [3.63, 3.8) is 0 Å². The highest BCUT2D eigenvalue weighted by Crippen LogP contribution is 2.18. The van der Waals surface area contributed by atoms with Gasteiger partial charge in [0.25, 0.3) is 0 Å². The predicted octanol–water partition coefficient (Wildman–Crippen LogP) is 1.77. The van der Waals surface area contributed by atoms with E-state index < -0.39 is 11.9 Å². The van der Waals surface area contributed by atoms with Gasteiger partial charge in [0.05, 0.1) is 5.57 Å². The van der Waals surface area contributed by atoms with E-state index in [4.69, 9.17) is 15.1 Å². The highest BCUT2D eigenvalue weighted by atomic mass is 16.5. The summed E-state index contributed by atoms with van der Waals surface area (Å²) in [6.45, 7) is 3.26. The molecule has 0 spiro atoms. The van der Waals surface area contributed by atoms with Crippen LogP contribution in [-0.4, -0.2) is 17.0 Å². The number of carboxylic acids is 1. The molecule has 0 aliphatic heterocycles. The average molecular weight is 243 g/mol. The first-order valence-corrected chi connectivity index (χ1v) is 4.86. The monoisotopic (exact) mass is 243 g/mol. The Hall–Kier alpha value is -2.87. The van der Waals surface area contributed by atoms with Gasteiger partial charge in [-0.05, 0) is 29.8 Å². The second-order valence-electron chi connectivity index (χ2n) is 3.16. The third-order valence-corrected chi connectivity index (χ3v) is 1.94. The van der Waals surface area contributed by atoms with E-state index in [0.717, 1.165) is 12.2 Å². The Bertz CT molecular complexity index is 549. The number of benzene rings is 1. The van der Waals surface area contributed by atoms with Gasteiger partial charge in [-0.2, -0.15) is 5.26 Å². The summed E-state index contributed by atoms with van der Waals surface area (Å²) < 4.78 is 4.84. The fraction of sp³-hybridized carbons (Fsp3) is 0. The van der Waals surface area contributed by atoms with Gasteiger partial charge in [-0.25, -0.2) is 9.59 Å². The Morgan fingerprint density at radius 1 is 1.33 bits per heavy atom. The zero-order chi connectivity index (χ0) is 13.5. The van der Waals surface area contributed by atoms with Gasteiger partial charge in [0, 0.05) is 12.2 Å². The summed E-state index contributed by atoms with van der Waals surface area (Å²) in [6.07, 6.45) is 1.84. The van der Waals surface area contributed by atoms with E-state index in [-0.39, 0.29) is 11.3 Å². The largest absolute Gasteiger partial charge is 0.478 e. The van der Waals surface area contributed by atoms with Crippen molar-refractivity contribution in [1.82, 2.24) is 0 Å². The summed E-state index contributed by atoms with van der Waals surface area (Å²) >= 11 is 0. The lowest BCUT2D eigenvalue weighted by atomic mass is 10.1. The van der Waals surface area contributed by atoms with Crippen LogP contribution in [0.5, 0.6) is 5.75 Å². The lowest BCUT2D eigenvalue weighted by molar-refractivity contribution is -0.131. The van der Waals surface area contributed by atoms with Crippen LogP contribution in [-0.2, 0) is 9.59 Å². The van der Waals surface area contributed by atoms with E-state index in [9.17, 15) is 9.59 Å². The Labute approximate surface area is 103 Å². The van der Waals surface area contributed by atoms with Crippen molar-refractivity contribution in [2.75, 3.05) is 0 Å². The molecule has 0 aromatic heterocycles. The van der Waals surface area contributed by atoms with E-state index in [2.05, 4.69) is 6.58 Å². The van der Waals surface area contributed by atoms with Crippen LogP contribution in [0.3, 0.4) is 0 Å². The standard InChI is InChI=1S/C13H9NO4/c1-2-13(17)18-11-5-3-9(4-6-11)10(8-14)7-12(15)16/h2-7H,1H2,(H,15,16). The maximum Gasteiger partial charge on any atom is 0.335 e. The van der Waals surface area contributed by atoms with Crippen LogP contribution in [0.15, 0.2) is 43.0 Å². The van der Waals surface area contributed by atoms with Crippen molar-refractivity contribution in [3.05, 3.63) is 48.6 Å². The smallest absolute Gasteiger partial charge is 0.335 e. The molecule has 0 aliphatic rings.